The van der Waals surface area contributed by atoms with Crippen molar-refractivity contribution in [3.05, 3.63) is 51.4 Å². The number of aromatic nitrogens is 2. The molecule has 0 amide bonds. The highest BCUT2D eigenvalue weighted by atomic mass is 16.1. The fraction of sp³-hybridized carbons (Fsp3) is 0.524. The number of likely N-dealkylation sites (N-methyl/N-ethyl adjacent to an activating group) is 1. The quantitative estimate of drug-likeness (QED) is 0.859. The minimum Gasteiger partial charge on any atom is -0.373 e. The Kier molecular flexibility index (Phi) is 3.59. The van der Waals surface area contributed by atoms with Crippen LogP contribution >= 0.6 is 0 Å². The fourth-order valence-electron chi connectivity index (χ4n) is 5.19. The van der Waals surface area contributed by atoms with Gasteiger partial charge in [0.25, 0.3) is 5.56 Å². The second-order valence-electron chi connectivity index (χ2n) is 8.16. The van der Waals surface area contributed by atoms with Crippen molar-refractivity contribution < 1.29 is 0 Å². The zero-order chi connectivity index (χ0) is 17.7. The Morgan fingerprint density at radius 3 is 2.73 bits per heavy atom. The van der Waals surface area contributed by atoms with Crippen LogP contribution in [-0.2, 0) is 18.3 Å². The van der Waals surface area contributed by atoms with E-state index >= 15 is 0 Å². The first-order valence-corrected chi connectivity index (χ1v) is 9.84. The van der Waals surface area contributed by atoms with E-state index in [-0.39, 0.29) is 11.0 Å². The van der Waals surface area contributed by atoms with Crippen LogP contribution in [0, 0.1) is 0 Å². The Labute approximate surface area is 154 Å². The normalized spacial score (nSPS) is 21.0. The van der Waals surface area contributed by atoms with Crippen molar-refractivity contribution in [3.8, 4) is 0 Å². The van der Waals surface area contributed by atoms with Gasteiger partial charge in [0.15, 0.2) is 0 Å². The molecule has 0 atom stereocenters. The molecule has 0 radical (unpaired) electrons. The maximum absolute atomic E-state index is 12.5. The second kappa shape index (κ2) is 5.86. The van der Waals surface area contributed by atoms with E-state index in [1.807, 2.05) is 0 Å². The minimum atomic E-state index is 0.0796. The monoisotopic (exact) mass is 350 g/mol. The minimum absolute atomic E-state index is 0.0796. The van der Waals surface area contributed by atoms with Gasteiger partial charge in [-0.05, 0) is 50.2 Å². The fourth-order valence-corrected chi connectivity index (χ4v) is 5.19. The van der Waals surface area contributed by atoms with Gasteiger partial charge in [-0.1, -0.05) is 18.2 Å². The van der Waals surface area contributed by atoms with Crippen LogP contribution in [0.5, 0.6) is 0 Å². The summed E-state index contributed by atoms with van der Waals surface area (Å²) >= 11 is 0. The maximum atomic E-state index is 12.5. The summed E-state index contributed by atoms with van der Waals surface area (Å²) in [6.45, 7) is 2.99. The van der Waals surface area contributed by atoms with Crippen molar-refractivity contribution in [1.29, 1.82) is 0 Å². The number of benzene rings is 1. The number of H-pyrrole nitrogens is 1. The molecule has 3 heterocycles. The molecule has 0 unspecified atom stereocenters. The Hall–Kier alpha value is -2.30. The highest BCUT2D eigenvalue weighted by molar-refractivity contribution is 5.62. The summed E-state index contributed by atoms with van der Waals surface area (Å²) in [6, 6.07) is 8.83. The van der Waals surface area contributed by atoms with E-state index in [1.54, 1.807) is 0 Å². The number of para-hydroxylation sites is 1. The summed E-state index contributed by atoms with van der Waals surface area (Å²) < 4.78 is 0. The number of anilines is 2. The van der Waals surface area contributed by atoms with Crippen molar-refractivity contribution in [2.24, 2.45) is 0 Å². The van der Waals surface area contributed by atoms with Crippen molar-refractivity contribution in [2.45, 2.75) is 43.9 Å². The number of hydrogen-bond donors (Lipinski definition) is 1. The molecule has 2 aliphatic heterocycles. The molecule has 5 nitrogen and oxygen atoms in total. The van der Waals surface area contributed by atoms with Crippen LogP contribution in [0.4, 0.5) is 11.6 Å². The van der Waals surface area contributed by atoms with E-state index in [1.165, 1.54) is 11.3 Å². The largest absolute Gasteiger partial charge is 0.373 e. The molecule has 3 aliphatic rings. The lowest BCUT2D eigenvalue weighted by molar-refractivity contribution is 0.351. The number of piperidine rings is 1. The predicted molar refractivity (Wildman–Crippen MR) is 104 cm³/mol. The van der Waals surface area contributed by atoms with Crippen molar-refractivity contribution in [1.82, 2.24) is 9.97 Å². The summed E-state index contributed by atoms with van der Waals surface area (Å²) in [5, 5.41) is 0. The van der Waals surface area contributed by atoms with Gasteiger partial charge in [0.05, 0.1) is 5.69 Å². The number of aromatic amines is 1. The highest BCUT2D eigenvalue weighted by Gasteiger charge is 2.43. The lowest BCUT2D eigenvalue weighted by atomic mass is 9.74. The number of hydrogen-bond acceptors (Lipinski definition) is 4. The molecule has 1 saturated heterocycles. The van der Waals surface area contributed by atoms with E-state index in [2.05, 4.69) is 46.1 Å². The lowest BCUT2D eigenvalue weighted by Crippen LogP contribution is -2.46. The first-order chi connectivity index (χ1) is 12.7. The van der Waals surface area contributed by atoms with Gasteiger partial charge >= 0.3 is 0 Å². The molecule has 5 heteroatoms. The SMILES string of the molecule is CN1CC2(CCN(c3nc4c(c(=O)[nH]3)CCCC4)CC2)c2ccccc21. The molecular weight excluding hydrogens is 324 g/mol. The van der Waals surface area contributed by atoms with Gasteiger partial charge in [-0.25, -0.2) is 4.98 Å². The van der Waals surface area contributed by atoms with Gasteiger partial charge in [-0.15, -0.1) is 0 Å². The smallest absolute Gasteiger partial charge is 0.255 e. The predicted octanol–water partition coefficient (Wildman–Crippen LogP) is 2.64. The molecule has 0 saturated carbocycles. The molecule has 0 bridgehead atoms. The third-order valence-electron chi connectivity index (χ3n) is 6.63. The van der Waals surface area contributed by atoms with Crippen molar-refractivity contribution in [3.63, 3.8) is 0 Å². The van der Waals surface area contributed by atoms with E-state index < -0.39 is 0 Å². The van der Waals surface area contributed by atoms with Gasteiger partial charge in [0.2, 0.25) is 5.95 Å². The van der Waals surface area contributed by atoms with Gasteiger partial charge in [0.1, 0.15) is 0 Å². The molecule has 1 spiro atoms. The summed E-state index contributed by atoms with van der Waals surface area (Å²) in [7, 11) is 2.20. The van der Waals surface area contributed by atoms with E-state index in [0.29, 0.717) is 0 Å². The Bertz CT molecular complexity index is 895. The standard InChI is InChI=1S/C21H26N4O/c1-24-14-21(16-7-3-5-9-18(16)24)10-12-25(13-11-21)20-22-17-8-4-2-6-15(17)19(26)23-20/h3,5,7,9H,2,4,6,8,10-14H2,1H3,(H,22,23,26). The molecular formula is C21H26N4O. The Morgan fingerprint density at radius 1 is 1.12 bits per heavy atom. The molecule has 26 heavy (non-hydrogen) atoms. The van der Waals surface area contributed by atoms with E-state index in [9.17, 15) is 4.79 Å². The second-order valence-corrected chi connectivity index (χ2v) is 8.16. The first kappa shape index (κ1) is 15.9. The van der Waals surface area contributed by atoms with Crippen LogP contribution < -0.4 is 15.4 Å². The molecule has 5 rings (SSSR count). The number of aryl methyl sites for hydroxylation is 1. The molecule has 1 N–H and O–H groups in total. The molecule has 1 aromatic carbocycles. The summed E-state index contributed by atoms with van der Waals surface area (Å²) in [5.41, 5.74) is 5.14. The maximum Gasteiger partial charge on any atom is 0.255 e. The number of fused-ring (bicyclic) bond motifs is 3. The molecule has 1 aliphatic carbocycles. The molecule has 136 valence electrons. The topological polar surface area (TPSA) is 52.2 Å². The summed E-state index contributed by atoms with van der Waals surface area (Å²) in [6.07, 6.45) is 6.29. The van der Waals surface area contributed by atoms with Gasteiger partial charge in [-0.2, -0.15) is 0 Å². The first-order valence-electron chi connectivity index (χ1n) is 9.84. The van der Waals surface area contributed by atoms with Crippen LogP contribution in [0.25, 0.3) is 0 Å². The third-order valence-corrected chi connectivity index (χ3v) is 6.63. The van der Waals surface area contributed by atoms with Crippen molar-refractivity contribution in [2.75, 3.05) is 36.5 Å². The van der Waals surface area contributed by atoms with Crippen LogP contribution in [0.2, 0.25) is 0 Å². The summed E-state index contributed by atoms with van der Waals surface area (Å²) in [5.74, 6) is 0.783. The zero-order valence-corrected chi connectivity index (χ0v) is 15.4. The third kappa shape index (κ3) is 2.37. The van der Waals surface area contributed by atoms with E-state index in [4.69, 9.17) is 4.98 Å². The van der Waals surface area contributed by atoms with Crippen molar-refractivity contribution >= 4 is 11.6 Å². The van der Waals surface area contributed by atoms with Gasteiger partial charge in [-0.3, -0.25) is 9.78 Å². The average Bonchev–Trinajstić information content (AvgIpc) is 2.94. The molecule has 1 fully saturated rings. The molecule has 1 aromatic heterocycles. The summed E-state index contributed by atoms with van der Waals surface area (Å²) in [4.78, 5) is 25.0. The Balaban J connectivity index is 1.40. The highest BCUT2D eigenvalue weighted by Crippen LogP contribution is 2.46. The lowest BCUT2D eigenvalue weighted by Gasteiger charge is -2.40. The van der Waals surface area contributed by atoms with Crippen LogP contribution in [0.1, 0.15) is 42.5 Å². The van der Waals surface area contributed by atoms with Gasteiger partial charge in [0, 0.05) is 43.3 Å². The van der Waals surface area contributed by atoms with Crippen LogP contribution in [0.3, 0.4) is 0 Å². The number of nitrogens with zero attached hydrogens (tertiary/aromatic N) is 3. The Morgan fingerprint density at radius 2 is 1.88 bits per heavy atom. The molecule has 2 aromatic rings. The number of nitrogens with one attached hydrogen (secondary N) is 1. The van der Waals surface area contributed by atoms with Gasteiger partial charge < -0.3 is 9.80 Å². The average molecular weight is 350 g/mol. The number of rotatable bonds is 1. The van der Waals surface area contributed by atoms with E-state index in [0.717, 1.165) is 75.4 Å². The van der Waals surface area contributed by atoms with Crippen LogP contribution in [-0.4, -0.2) is 36.6 Å². The van der Waals surface area contributed by atoms with Crippen LogP contribution in [0.15, 0.2) is 29.1 Å². The zero-order valence-electron chi connectivity index (χ0n) is 15.4.